The van der Waals surface area contributed by atoms with E-state index in [2.05, 4.69) is 23.8 Å². The van der Waals surface area contributed by atoms with Gasteiger partial charge in [0.1, 0.15) is 11.5 Å². The van der Waals surface area contributed by atoms with E-state index in [4.69, 9.17) is 4.74 Å². The van der Waals surface area contributed by atoms with Crippen molar-refractivity contribution in [3.05, 3.63) is 77.4 Å². The standard InChI is InChI=1S/C31H34F4O2/c1-3-4-5-6-21-7-9-22(10-8-21)23-11-13-24(14-12-23)27-19-28(32)29(33)30(20(27)2)36-25-15-17-26(18-16-25)37-31(34)35/h11-19,21-22,31H,3-10H2,1-2H3/t21-,22-. The zero-order valence-electron chi connectivity index (χ0n) is 21.4. The van der Waals surface area contributed by atoms with Crippen LogP contribution in [0.25, 0.3) is 11.1 Å². The fraction of sp³-hybridized carbons (Fsp3) is 0.419. The molecule has 0 saturated heterocycles. The van der Waals surface area contributed by atoms with Crippen molar-refractivity contribution in [2.45, 2.75) is 77.7 Å². The summed E-state index contributed by atoms with van der Waals surface area (Å²) in [7, 11) is 0. The van der Waals surface area contributed by atoms with Gasteiger partial charge in [0.05, 0.1) is 0 Å². The molecule has 1 saturated carbocycles. The fourth-order valence-corrected chi connectivity index (χ4v) is 5.32. The molecule has 0 radical (unpaired) electrons. The summed E-state index contributed by atoms with van der Waals surface area (Å²) in [6.45, 7) is 0.967. The second kappa shape index (κ2) is 12.5. The van der Waals surface area contributed by atoms with Crippen LogP contribution in [0.4, 0.5) is 17.6 Å². The summed E-state index contributed by atoms with van der Waals surface area (Å²) >= 11 is 0. The van der Waals surface area contributed by atoms with E-state index in [-0.39, 0.29) is 17.2 Å². The summed E-state index contributed by atoms with van der Waals surface area (Å²) in [4.78, 5) is 0. The van der Waals surface area contributed by atoms with Crippen molar-refractivity contribution in [3.63, 3.8) is 0 Å². The Balaban J connectivity index is 1.47. The van der Waals surface area contributed by atoms with Crippen LogP contribution >= 0.6 is 0 Å². The van der Waals surface area contributed by atoms with E-state index in [9.17, 15) is 17.6 Å². The molecule has 2 nitrogen and oxygen atoms in total. The highest BCUT2D eigenvalue weighted by atomic mass is 19.3. The molecule has 1 aliphatic rings. The van der Waals surface area contributed by atoms with Crippen LogP contribution in [0.2, 0.25) is 0 Å². The zero-order chi connectivity index (χ0) is 26.4. The lowest BCUT2D eigenvalue weighted by Crippen LogP contribution is -2.13. The third kappa shape index (κ3) is 6.85. The summed E-state index contributed by atoms with van der Waals surface area (Å²) in [5.41, 5.74) is 3.06. The first-order valence-electron chi connectivity index (χ1n) is 13.2. The maximum Gasteiger partial charge on any atom is 0.387 e. The summed E-state index contributed by atoms with van der Waals surface area (Å²) in [6, 6.07) is 14.6. The third-order valence-electron chi connectivity index (χ3n) is 7.45. The molecule has 4 rings (SSSR count). The minimum Gasteiger partial charge on any atom is -0.454 e. The van der Waals surface area contributed by atoms with E-state index >= 15 is 0 Å². The summed E-state index contributed by atoms with van der Waals surface area (Å²) in [5.74, 6) is -0.828. The maximum atomic E-state index is 14.7. The van der Waals surface area contributed by atoms with Crippen molar-refractivity contribution in [1.29, 1.82) is 0 Å². The molecule has 0 N–H and O–H groups in total. The Labute approximate surface area is 216 Å². The average molecular weight is 515 g/mol. The second-order valence-electron chi connectivity index (χ2n) is 9.96. The van der Waals surface area contributed by atoms with Crippen molar-refractivity contribution in [2.24, 2.45) is 5.92 Å². The summed E-state index contributed by atoms with van der Waals surface area (Å²) in [6.07, 6.45) is 10.2. The van der Waals surface area contributed by atoms with Crippen molar-refractivity contribution in [3.8, 4) is 28.4 Å². The lowest BCUT2D eigenvalue weighted by Gasteiger charge is -2.29. The summed E-state index contributed by atoms with van der Waals surface area (Å²) in [5, 5.41) is 0. The van der Waals surface area contributed by atoms with Gasteiger partial charge in [0.2, 0.25) is 5.82 Å². The van der Waals surface area contributed by atoms with Gasteiger partial charge in [-0.3, -0.25) is 0 Å². The Bertz CT molecular complexity index is 1150. The molecule has 0 heterocycles. The van der Waals surface area contributed by atoms with Crippen LogP contribution in [0.1, 0.15) is 75.3 Å². The minimum atomic E-state index is -2.95. The number of ether oxygens (including phenoxy) is 2. The molecule has 198 valence electrons. The smallest absolute Gasteiger partial charge is 0.387 e. The van der Waals surface area contributed by atoms with Gasteiger partial charge in [0.25, 0.3) is 0 Å². The molecule has 3 aromatic rings. The third-order valence-corrected chi connectivity index (χ3v) is 7.45. The molecular formula is C31H34F4O2. The highest BCUT2D eigenvalue weighted by molar-refractivity contribution is 5.70. The van der Waals surface area contributed by atoms with E-state index in [1.165, 1.54) is 87.3 Å². The lowest BCUT2D eigenvalue weighted by atomic mass is 9.77. The van der Waals surface area contributed by atoms with E-state index in [0.29, 0.717) is 17.0 Å². The van der Waals surface area contributed by atoms with Crippen molar-refractivity contribution < 1.29 is 27.0 Å². The number of unbranched alkanes of at least 4 members (excludes halogenated alkanes) is 2. The van der Waals surface area contributed by atoms with E-state index in [0.717, 1.165) is 11.5 Å². The van der Waals surface area contributed by atoms with Crippen molar-refractivity contribution in [2.75, 3.05) is 0 Å². The number of benzene rings is 3. The van der Waals surface area contributed by atoms with Crippen LogP contribution in [-0.4, -0.2) is 6.61 Å². The molecule has 0 unspecified atom stereocenters. The van der Waals surface area contributed by atoms with Gasteiger partial charge in [-0.15, -0.1) is 0 Å². The molecule has 0 amide bonds. The van der Waals surface area contributed by atoms with Gasteiger partial charge < -0.3 is 9.47 Å². The van der Waals surface area contributed by atoms with Gasteiger partial charge >= 0.3 is 6.61 Å². The van der Waals surface area contributed by atoms with Crippen molar-refractivity contribution >= 4 is 0 Å². The van der Waals surface area contributed by atoms with Gasteiger partial charge in [-0.05, 0) is 91.5 Å². The Morgan fingerprint density at radius 2 is 1.51 bits per heavy atom. The van der Waals surface area contributed by atoms with Gasteiger partial charge in [0.15, 0.2) is 11.6 Å². The first-order valence-corrected chi connectivity index (χ1v) is 13.2. The molecule has 6 heteroatoms. The van der Waals surface area contributed by atoms with Crippen LogP contribution in [0.15, 0.2) is 54.6 Å². The molecular weight excluding hydrogens is 480 g/mol. The first kappa shape index (κ1) is 27.0. The Hall–Kier alpha value is -3.02. The van der Waals surface area contributed by atoms with Gasteiger partial charge in [-0.1, -0.05) is 56.9 Å². The Morgan fingerprint density at radius 3 is 2.14 bits per heavy atom. The van der Waals surface area contributed by atoms with E-state index in [1.807, 2.05) is 12.1 Å². The van der Waals surface area contributed by atoms with Crippen LogP contribution in [0, 0.1) is 24.5 Å². The molecule has 1 aliphatic carbocycles. The number of alkyl halides is 2. The molecule has 37 heavy (non-hydrogen) atoms. The Morgan fingerprint density at radius 1 is 0.865 bits per heavy atom. The fourth-order valence-electron chi connectivity index (χ4n) is 5.32. The van der Waals surface area contributed by atoms with Crippen molar-refractivity contribution in [1.82, 2.24) is 0 Å². The average Bonchev–Trinajstić information content (AvgIpc) is 2.90. The SMILES string of the molecule is CCCCC[C@H]1CC[C@H](c2ccc(-c3cc(F)c(F)c(Oc4ccc(OC(F)F)cc4)c3C)cc2)CC1. The van der Waals surface area contributed by atoms with Gasteiger partial charge in [-0.25, -0.2) is 4.39 Å². The number of rotatable bonds is 10. The maximum absolute atomic E-state index is 14.7. The number of hydrogen-bond donors (Lipinski definition) is 0. The predicted octanol–water partition coefficient (Wildman–Crippen LogP) is 10.2. The Kier molecular flexibility index (Phi) is 9.12. The van der Waals surface area contributed by atoms with Gasteiger partial charge in [-0.2, -0.15) is 13.2 Å². The predicted molar refractivity (Wildman–Crippen MR) is 139 cm³/mol. The van der Waals surface area contributed by atoms with Crippen LogP contribution in [-0.2, 0) is 0 Å². The molecule has 0 bridgehead atoms. The van der Waals surface area contributed by atoms with Crippen LogP contribution < -0.4 is 9.47 Å². The summed E-state index contributed by atoms with van der Waals surface area (Å²) < 4.78 is 64.0. The molecule has 0 atom stereocenters. The molecule has 0 spiro atoms. The quantitative estimate of drug-likeness (QED) is 0.198. The monoisotopic (exact) mass is 514 g/mol. The van der Waals surface area contributed by atoms with E-state index < -0.39 is 18.2 Å². The van der Waals surface area contributed by atoms with Gasteiger partial charge in [0, 0.05) is 5.56 Å². The number of hydrogen-bond acceptors (Lipinski definition) is 2. The molecule has 1 fully saturated rings. The molecule has 3 aromatic carbocycles. The topological polar surface area (TPSA) is 18.5 Å². The first-order chi connectivity index (χ1) is 17.9. The second-order valence-corrected chi connectivity index (χ2v) is 9.96. The highest BCUT2D eigenvalue weighted by Crippen LogP contribution is 2.40. The highest BCUT2D eigenvalue weighted by Gasteiger charge is 2.23. The number of halogens is 4. The largest absolute Gasteiger partial charge is 0.454 e. The normalized spacial score (nSPS) is 17.7. The van der Waals surface area contributed by atoms with E-state index in [1.54, 1.807) is 6.92 Å². The molecule has 0 aliphatic heterocycles. The zero-order valence-corrected chi connectivity index (χ0v) is 21.4. The van der Waals surface area contributed by atoms with Crippen LogP contribution in [0.3, 0.4) is 0 Å². The minimum absolute atomic E-state index is 0.0513. The van der Waals surface area contributed by atoms with Crippen LogP contribution in [0.5, 0.6) is 17.2 Å². The molecule has 0 aromatic heterocycles. The lowest BCUT2D eigenvalue weighted by molar-refractivity contribution is -0.0498.